The summed E-state index contributed by atoms with van der Waals surface area (Å²) in [7, 11) is 0. The van der Waals surface area contributed by atoms with Gasteiger partial charge in [0.25, 0.3) is 0 Å². The highest BCUT2D eigenvalue weighted by Crippen LogP contribution is 2.23. The number of nitrogens with zero attached hydrogens (tertiary/aromatic N) is 2. The van der Waals surface area contributed by atoms with Gasteiger partial charge < -0.3 is 4.90 Å². The van der Waals surface area contributed by atoms with Crippen LogP contribution in [-0.4, -0.2) is 66.8 Å². The van der Waals surface area contributed by atoms with Gasteiger partial charge in [0.05, 0.1) is 0 Å². The molecule has 0 N–H and O–H groups in total. The van der Waals surface area contributed by atoms with Crippen LogP contribution >= 0.6 is 0 Å². The summed E-state index contributed by atoms with van der Waals surface area (Å²) in [6, 6.07) is 0.678. The minimum Gasteiger partial charge on any atom is -0.300 e. The van der Waals surface area contributed by atoms with Crippen LogP contribution in [0.15, 0.2) is 0 Å². The van der Waals surface area contributed by atoms with Gasteiger partial charge in [0.1, 0.15) is 12.3 Å². The molecule has 0 aromatic rings. The monoisotopic (exact) mass is 312 g/mol. The molecule has 2 rings (SSSR count). The molecule has 2 aliphatic rings. The maximum absolute atomic E-state index is 12.5. The minimum atomic E-state index is -2.13. The highest BCUT2D eigenvalue weighted by Gasteiger charge is 2.33. The van der Waals surface area contributed by atoms with E-state index in [2.05, 4.69) is 4.90 Å². The molecule has 3 atom stereocenters. The number of rotatable bonds is 3. The molecule has 2 aliphatic heterocycles. The first kappa shape index (κ1) is 18.7. The molecular formula is C15H28F4N2. The fourth-order valence-corrected chi connectivity index (χ4v) is 2.66. The van der Waals surface area contributed by atoms with Crippen LogP contribution in [0.3, 0.4) is 0 Å². The number of hydrogen-bond donors (Lipinski definition) is 0. The van der Waals surface area contributed by atoms with Crippen molar-refractivity contribution in [2.24, 2.45) is 5.92 Å². The Labute approximate surface area is 125 Å². The quantitative estimate of drug-likeness (QED) is 0.737. The zero-order valence-electron chi connectivity index (χ0n) is 13.4. The molecule has 21 heavy (non-hydrogen) atoms. The Balaban J connectivity index is 0.000000211. The Hall–Kier alpha value is -0.360. The molecule has 6 heteroatoms. The van der Waals surface area contributed by atoms with Crippen molar-refractivity contribution in [2.75, 3.05) is 26.2 Å². The summed E-state index contributed by atoms with van der Waals surface area (Å²) in [5, 5.41) is 0. The van der Waals surface area contributed by atoms with Crippen molar-refractivity contribution >= 4 is 0 Å². The molecule has 0 saturated carbocycles. The van der Waals surface area contributed by atoms with Crippen molar-refractivity contribution in [3.63, 3.8) is 0 Å². The van der Waals surface area contributed by atoms with Crippen LogP contribution in [0.1, 0.15) is 34.1 Å². The normalized spacial score (nSPS) is 31.3. The van der Waals surface area contributed by atoms with Crippen LogP contribution < -0.4 is 0 Å². The van der Waals surface area contributed by atoms with E-state index in [4.69, 9.17) is 0 Å². The average Bonchev–Trinajstić information content (AvgIpc) is 2.98. The summed E-state index contributed by atoms with van der Waals surface area (Å²) < 4.78 is 49.3. The van der Waals surface area contributed by atoms with Gasteiger partial charge in [0.2, 0.25) is 6.43 Å². The fourth-order valence-electron chi connectivity index (χ4n) is 2.66. The third-order valence-corrected chi connectivity index (χ3v) is 4.28. The maximum Gasteiger partial charge on any atom is 0.242 e. The van der Waals surface area contributed by atoms with E-state index in [0.29, 0.717) is 19.0 Å². The van der Waals surface area contributed by atoms with Gasteiger partial charge in [-0.3, -0.25) is 4.90 Å². The van der Waals surface area contributed by atoms with E-state index < -0.39 is 18.8 Å². The van der Waals surface area contributed by atoms with Crippen molar-refractivity contribution in [3.8, 4) is 0 Å². The summed E-state index contributed by atoms with van der Waals surface area (Å²) in [6.07, 6.45) is -3.99. The van der Waals surface area contributed by atoms with E-state index in [1.807, 2.05) is 32.6 Å². The Kier molecular flexibility index (Phi) is 7.40. The molecule has 0 aromatic carbocycles. The van der Waals surface area contributed by atoms with Gasteiger partial charge in [0, 0.05) is 37.6 Å². The Bertz CT molecular complexity index is 275. The SMILES string of the molecule is CC(C)N1CC(F)C(F)C1.CC(C)N1CCC(C(F)F)C1. The van der Waals surface area contributed by atoms with Crippen LogP contribution in [0.5, 0.6) is 0 Å². The van der Waals surface area contributed by atoms with Gasteiger partial charge in [0.15, 0.2) is 0 Å². The van der Waals surface area contributed by atoms with Gasteiger partial charge >= 0.3 is 0 Å². The summed E-state index contributed by atoms with van der Waals surface area (Å²) in [4.78, 5) is 3.92. The van der Waals surface area contributed by atoms with Gasteiger partial charge in [-0.15, -0.1) is 0 Å². The fraction of sp³-hybridized carbons (Fsp3) is 1.00. The molecule has 3 unspecified atom stereocenters. The molecule has 0 amide bonds. The van der Waals surface area contributed by atoms with E-state index in [-0.39, 0.29) is 25.0 Å². The highest BCUT2D eigenvalue weighted by atomic mass is 19.3. The molecule has 0 bridgehead atoms. The Morgan fingerprint density at radius 1 is 0.810 bits per heavy atom. The first-order valence-electron chi connectivity index (χ1n) is 7.76. The third kappa shape index (κ3) is 5.74. The van der Waals surface area contributed by atoms with E-state index in [9.17, 15) is 17.6 Å². The Morgan fingerprint density at radius 3 is 1.52 bits per heavy atom. The van der Waals surface area contributed by atoms with Gasteiger partial charge in [-0.1, -0.05) is 0 Å². The standard InChI is InChI=1S/C8H15F2N.C7H13F2N/c1-6(2)11-4-3-7(5-11)8(9)10;1-5(2)10-3-6(8)7(9)4-10/h6-8H,3-5H2,1-2H3;5-7H,3-4H2,1-2H3. The molecule has 2 nitrogen and oxygen atoms in total. The predicted molar refractivity (Wildman–Crippen MR) is 77.3 cm³/mol. The summed E-state index contributed by atoms with van der Waals surface area (Å²) in [6.45, 7) is 9.94. The highest BCUT2D eigenvalue weighted by molar-refractivity contribution is 4.85. The first-order chi connectivity index (χ1) is 9.72. The topological polar surface area (TPSA) is 6.48 Å². The largest absolute Gasteiger partial charge is 0.300 e. The zero-order chi connectivity index (χ0) is 16.2. The van der Waals surface area contributed by atoms with E-state index >= 15 is 0 Å². The molecular weight excluding hydrogens is 284 g/mol. The summed E-state index contributed by atoms with van der Waals surface area (Å²) in [5.74, 6) is -0.377. The molecule has 2 fully saturated rings. The molecule has 0 spiro atoms. The van der Waals surface area contributed by atoms with Crippen LogP contribution in [0.4, 0.5) is 17.6 Å². The molecule has 2 heterocycles. The van der Waals surface area contributed by atoms with Crippen molar-refractivity contribution in [1.82, 2.24) is 9.80 Å². The lowest BCUT2D eigenvalue weighted by atomic mass is 10.1. The third-order valence-electron chi connectivity index (χ3n) is 4.28. The van der Waals surface area contributed by atoms with Gasteiger partial charge in [-0.2, -0.15) is 0 Å². The molecule has 2 saturated heterocycles. The first-order valence-corrected chi connectivity index (χ1v) is 7.76. The lowest BCUT2D eigenvalue weighted by Crippen LogP contribution is -2.29. The number of alkyl halides is 4. The summed E-state index contributed by atoms with van der Waals surface area (Å²) in [5.41, 5.74) is 0. The van der Waals surface area contributed by atoms with Crippen molar-refractivity contribution in [2.45, 2.75) is 65.0 Å². The molecule has 0 aromatic heterocycles. The van der Waals surface area contributed by atoms with E-state index in [0.717, 1.165) is 6.54 Å². The van der Waals surface area contributed by atoms with Gasteiger partial charge in [-0.05, 0) is 40.7 Å². The lowest BCUT2D eigenvalue weighted by molar-refractivity contribution is 0.0786. The van der Waals surface area contributed by atoms with Crippen molar-refractivity contribution < 1.29 is 17.6 Å². The predicted octanol–water partition coefficient (Wildman–Crippen LogP) is 3.37. The number of likely N-dealkylation sites (tertiary alicyclic amines) is 2. The van der Waals surface area contributed by atoms with Crippen LogP contribution in [0, 0.1) is 5.92 Å². The van der Waals surface area contributed by atoms with E-state index in [1.165, 1.54) is 0 Å². The van der Waals surface area contributed by atoms with Crippen molar-refractivity contribution in [3.05, 3.63) is 0 Å². The van der Waals surface area contributed by atoms with E-state index in [1.54, 1.807) is 0 Å². The zero-order valence-corrected chi connectivity index (χ0v) is 13.4. The number of hydrogen-bond acceptors (Lipinski definition) is 2. The molecule has 0 aliphatic carbocycles. The van der Waals surface area contributed by atoms with Crippen LogP contribution in [-0.2, 0) is 0 Å². The minimum absolute atomic E-state index is 0.263. The smallest absolute Gasteiger partial charge is 0.242 e. The van der Waals surface area contributed by atoms with Crippen molar-refractivity contribution in [1.29, 1.82) is 0 Å². The Morgan fingerprint density at radius 2 is 1.29 bits per heavy atom. The number of halogens is 4. The second kappa shape index (κ2) is 8.32. The second-order valence-electron chi connectivity index (χ2n) is 6.55. The lowest BCUT2D eigenvalue weighted by Gasteiger charge is -2.19. The molecule has 0 radical (unpaired) electrons. The van der Waals surface area contributed by atoms with Crippen LogP contribution in [0.2, 0.25) is 0 Å². The second-order valence-corrected chi connectivity index (χ2v) is 6.55. The van der Waals surface area contributed by atoms with Crippen LogP contribution in [0.25, 0.3) is 0 Å². The maximum atomic E-state index is 12.5. The summed E-state index contributed by atoms with van der Waals surface area (Å²) >= 11 is 0. The average molecular weight is 312 g/mol. The van der Waals surface area contributed by atoms with Gasteiger partial charge in [-0.25, -0.2) is 17.6 Å². The molecule has 126 valence electrons.